The van der Waals surface area contributed by atoms with Crippen molar-refractivity contribution in [1.82, 2.24) is 19.6 Å². The standard InChI is InChI=1S/C18H21N5/c1-22(15-5-3-2-4-6-15)18-8-7-17-20-13-16(23(17)21-18)14-9-11-19-12-10-14/h7-13,15H,2-6H2,1H3. The van der Waals surface area contributed by atoms with Crippen LogP contribution in [0.4, 0.5) is 5.82 Å². The Labute approximate surface area is 136 Å². The molecule has 0 aliphatic heterocycles. The molecule has 0 bridgehead atoms. The van der Waals surface area contributed by atoms with Gasteiger partial charge in [-0.1, -0.05) is 19.3 Å². The summed E-state index contributed by atoms with van der Waals surface area (Å²) < 4.78 is 1.93. The van der Waals surface area contributed by atoms with Gasteiger partial charge in [0.15, 0.2) is 5.65 Å². The molecule has 0 N–H and O–H groups in total. The molecule has 0 atom stereocenters. The van der Waals surface area contributed by atoms with Gasteiger partial charge in [0.05, 0.1) is 11.9 Å². The van der Waals surface area contributed by atoms with E-state index in [1.54, 1.807) is 12.4 Å². The Balaban J connectivity index is 1.72. The Bertz CT molecular complexity index is 790. The second-order valence-electron chi connectivity index (χ2n) is 6.24. The fraction of sp³-hybridized carbons (Fsp3) is 0.389. The third kappa shape index (κ3) is 2.67. The van der Waals surface area contributed by atoms with E-state index in [-0.39, 0.29) is 0 Å². The maximum absolute atomic E-state index is 4.85. The van der Waals surface area contributed by atoms with Crippen LogP contribution in [0, 0.1) is 0 Å². The number of anilines is 1. The summed E-state index contributed by atoms with van der Waals surface area (Å²) in [6.07, 6.45) is 12.0. The smallest absolute Gasteiger partial charge is 0.154 e. The van der Waals surface area contributed by atoms with Gasteiger partial charge in [0, 0.05) is 31.0 Å². The average molecular weight is 307 g/mol. The molecule has 3 aromatic rings. The lowest BCUT2D eigenvalue weighted by Crippen LogP contribution is -2.34. The molecule has 5 heteroatoms. The highest BCUT2D eigenvalue weighted by Gasteiger charge is 2.20. The number of hydrogen-bond acceptors (Lipinski definition) is 4. The van der Waals surface area contributed by atoms with Crippen LogP contribution in [0.2, 0.25) is 0 Å². The first-order valence-corrected chi connectivity index (χ1v) is 8.31. The van der Waals surface area contributed by atoms with Gasteiger partial charge < -0.3 is 4.90 Å². The lowest BCUT2D eigenvalue weighted by atomic mass is 9.94. The molecule has 5 nitrogen and oxygen atoms in total. The first-order chi connectivity index (χ1) is 11.3. The molecular weight excluding hydrogens is 286 g/mol. The molecule has 4 rings (SSSR count). The van der Waals surface area contributed by atoms with Crippen LogP contribution < -0.4 is 4.90 Å². The Kier molecular flexibility index (Phi) is 3.69. The monoisotopic (exact) mass is 307 g/mol. The predicted octanol–water partition coefficient (Wildman–Crippen LogP) is 3.56. The Hall–Kier alpha value is -2.43. The molecule has 1 saturated carbocycles. The molecule has 0 spiro atoms. The SMILES string of the molecule is CN(c1ccc2ncc(-c3ccncc3)n2n1)C1CCCCC1. The third-order valence-corrected chi connectivity index (χ3v) is 4.81. The van der Waals surface area contributed by atoms with Gasteiger partial charge in [-0.3, -0.25) is 4.98 Å². The van der Waals surface area contributed by atoms with E-state index in [1.807, 2.05) is 28.9 Å². The normalized spacial score (nSPS) is 15.9. The molecule has 1 aliphatic carbocycles. The van der Waals surface area contributed by atoms with Gasteiger partial charge in [0.2, 0.25) is 0 Å². The second kappa shape index (κ2) is 5.99. The van der Waals surface area contributed by atoms with Crippen LogP contribution >= 0.6 is 0 Å². The van der Waals surface area contributed by atoms with Crippen molar-refractivity contribution in [3.05, 3.63) is 42.9 Å². The average Bonchev–Trinajstić information content (AvgIpc) is 3.05. The van der Waals surface area contributed by atoms with E-state index in [1.165, 1.54) is 32.1 Å². The van der Waals surface area contributed by atoms with Crippen LogP contribution in [0.25, 0.3) is 16.9 Å². The topological polar surface area (TPSA) is 46.3 Å². The Morgan fingerprint density at radius 2 is 1.83 bits per heavy atom. The largest absolute Gasteiger partial charge is 0.355 e. The van der Waals surface area contributed by atoms with E-state index in [4.69, 9.17) is 5.10 Å². The van der Waals surface area contributed by atoms with E-state index in [2.05, 4.69) is 28.0 Å². The zero-order valence-electron chi connectivity index (χ0n) is 13.4. The minimum atomic E-state index is 0.599. The molecule has 118 valence electrons. The molecular formula is C18H21N5. The number of hydrogen-bond donors (Lipinski definition) is 0. The number of nitrogens with zero attached hydrogens (tertiary/aromatic N) is 5. The highest BCUT2D eigenvalue weighted by atomic mass is 15.3. The Morgan fingerprint density at radius 3 is 2.61 bits per heavy atom. The summed E-state index contributed by atoms with van der Waals surface area (Å²) in [5, 5.41) is 4.85. The number of fused-ring (bicyclic) bond motifs is 1. The maximum Gasteiger partial charge on any atom is 0.154 e. The summed E-state index contributed by atoms with van der Waals surface area (Å²) in [7, 11) is 2.16. The summed E-state index contributed by atoms with van der Waals surface area (Å²) in [5.41, 5.74) is 2.95. The van der Waals surface area contributed by atoms with Gasteiger partial charge in [-0.05, 0) is 37.1 Å². The van der Waals surface area contributed by atoms with E-state index >= 15 is 0 Å². The number of pyridine rings is 1. The van der Waals surface area contributed by atoms with Crippen LogP contribution in [-0.2, 0) is 0 Å². The molecule has 3 heterocycles. The van der Waals surface area contributed by atoms with Gasteiger partial charge in [-0.2, -0.15) is 0 Å². The van der Waals surface area contributed by atoms with Gasteiger partial charge >= 0.3 is 0 Å². The number of rotatable bonds is 3. The summed E-state index contributed by atoms with van der Waals surface area (Å²) in [6, 6.07) is 8.70. The van der Waals surface area contributed by atoms with Gasteiger partial charge in [-0.25, -0.2) is 9.50 Å². The molecule has 0 aromatic carbocycles. The predicted molar refractivity (Wildman–Crippen MR) is 91.5 cm³/mol. The minimum absolute atomic E-state index is 0.599. The lowest BCUT2D eigenvalue weighted by Gasteiger charge is -2.31. The highest BCUT2D eigenvalue weighted by molar-refractivity contribution is 5.63. The molecule has 1 fully saturated rings. The van der Waals surface area contributed by atoms with Crippen LogP contribution in [0.1, 0.15) is 32.1 Å². The highest BCUT2D eigenvalue weighted by Crippen LogP contribution is 2.26. The zero-order chi connectivity index (χ0) is 15.6. The molecule has 0 amide bonds. The van der Waals surface area contributed by atoms with Crippen molar-refractivity contribution >= 4 is 11.5 Å². The molecule has 0 radical (unpaired) electrons. The summed E-state index contributed by atoms with van der Waals surface area (Å²) in [6.45, 7) is 0. The summed E-state index contributed by atoms with van der Waals surface area (Å²) >= 11 is 0. The van der Waals surface area contributed by atoms with E-state index in [0.717, 1.165) is 22.7 Å². The van der Waals surface area contributed by atoms with E-state index < -0.39 is 0 Å². The zero-order valence-corrected chi connectivity index (χ0v) is 13.4. The van der Waals surface area contributed by atoms with Gasteiger partial charge in [-0.15, -0.1) is 5.10 Å². The van der Waals surface area contributed by atoms with Crippen molar-refractivity contribution in [3.63, 3.8) is 0 Å². The van der Waals surface area contributed by atoms with Crippen LogP contribution in [0.5, 0.6) is 0 Å². The summed E-state index contributed by atoms with van der Waals surface area (Å²) in [4.78, 5) is 10.9. The second-order valence-corrected chi connectivity index (χ2v) is 6.24. The van der Waals surface area contributed by atoms with Crippen molar-refractivity contribution in [1.29, 1.82) is 0 Å². The van der Waals surface area contributed by atoms with E-state index in [9.17, 15) is 0 Å². The van der Waals surface area contributed by atoms with Crippen molar-refractivity contribution in [2.75, 3.05) is 11.9 Å². The van der Waals surface area contributed by atoms with Gasteiger partial charge in [0.1, 0.15) is 5.82 Å². The van der Waals surface area contributed by atoms with Crippen molar-refractivity contribution < 1.29 is 0 Å². The first-order valence-electron chi connectivity index (χ1n) is 8.31. The number of imidazole rings is 1. The Morgan fingerprint density at radius 1 is 1.04 bits per heavy atom. The van der Waals surface area contributed by atoms with Crippen molar-refractivity contribution in [2.24, 2.45) is 0 Å². The summed E-state index contributed by atoms with van der Waals surface area (Å²) in [5.74, 6) is 1.01. The van der Waals surface area contributed by atoms with Crippen molar-refractivity contribution in [2.45, 2.75) is 38.1 Å². The quantitative estimate of drug-likeness (QED) is 0.742. The van der Waals surface area contributed by atoms with Gasteiger partial charge in [0.25, 0.3) is 0 Å². The fourth-order valence-electron chi connectivity index (χ4n) is 3.43. The molecule has 3 aromatic heterocycles. The van der Waals surface area contributed by atoms with Crippen molar-refractivity contribution in [3.8, 4) is 11.3 Å². The molecule has 0 saturated heterocycles. The van der Waals surface area contributed by atoms with Crippen LogP contribution in [-0.4, -0.2) is 32.7 Å². The molecule has 23 heavy (non-hydrogen) atoms. The minimum Gasteiger partial charge on any atom is -0.355 e. The number of aromatic nitrogens is 4. The third-order valence-electron chi connectivity index (χ3n) is 4.81. The lowest BCUT2D eigenvalue weighted by molar-refractivity contribution is 0.425. The fourth-order valence-corrected chi connectivity index (χ4v) is 3.43. The van der Waals surface area contributed by atoms with Crippen LogP contribution in [0.15, 0.2) is 42.9 Å². The van der Waals surface area contributed by atoms with Crippen LogP contribution in [0.3, 0.4) is 0 Å². The first kappa shape index (κ1) is 14.2. The molecule has 0 unspecified atom stereocenters. The van der Waals surface area contributed by atoms with E-state index in [0.29, 0.717) is 6.04 Å². The maximum atomic E-state index is 4.85. The molecule has 1 aliphatic rings.